The van der Waals surface area contributed by atoms with Gasteiger partial charge in [0.15, 0.2) is 5.78 Å². The minimum absolute atomic E-state index is 0.0723. The average Bonchev–Trinajstić information content (AvgIpc) is 2.52. The largest absolute Gasteiger partial charge is 0.497 e. The molecule has 0 aliphatic rings. The van der Waals surface area contributed by atoms with Crippen molar-refractivity contribution in [2.45, 2.75) is 32.6 Å². The van der Waals surface area contributed by atoms with E-state index in [1.807, 2.05) is 6.92 Å². The Hall–Kier alpha value is -2.04. The highest BCUT2D eigenvalue weighted by Crippen LogP contribution is 2.25. The van der Waals surface area contributed by atoms with Crippen LogP contribution in [0.1, 0.15) is 43.0 Å². The van der Waals surface area contributed by atoms with Gasteiger partial charge in [0.1, 0.15) is 11.5 Å². The van der Waals surface area contributed by atoms with E-state index in [0.717, 1.165) is 12.8 Å². The molecule has 0 saturated heterocycles. The van der Waals surface area contributed by atoms with Gasteiger partial charge in [-0.15, -0.1) is 0 Å². The van der Waals surface area contributed by atoms with Crippen molar-refractivity contribution in [3.8, 4) is 11.5 Å². The fraction of sp³-hybridized carbons (Fsp3) is 0.500. The molecule has 0 unspecified atom stereocenters. The summed E-state index contributed by atoms with van der Waals surface area (Å²) in [6, 6.07) is 5.00. The van der Waals surface area contributed by atoms with Crippen LogP contribution in [0.5, 0.6) is 11.5 Å². The summed E-state index contributed by atoms with van der Waals surface area (Å²) < 4.78 is 15.3. The van der Waals surface area contributed by atoms with Crippen LogP contribution >= 0.6 is 0 Å². The molecule has 1 rings (SSSR count). The zero-order valence-electron chi connectivity index (χ0n) is 12.8. The van der Waals surface area contributed by atoms with Gasteiger partial charge in [0.05, 0.1) is 32.8 Å². The molecular formula is C16H22O5. The van der Waals surface area contributed by atoms with E-state index in [1.165, 1.54) is 14.2 Å². The van der Waals surface area contributed by atoms with Gasteiger partial charge >= 0.3 is 5.97 Å². The van der Waals surface area contributed by atoms with Crippen LogP contribution in [0.15, 0.2) is 18.2 Å². The second kappa shape index (κ2) is 9.00. The van der Waals surface area contributed by atoms with Gasteiger partial charge in [0, 0.05) is 6.42 Å². The SMILES string of the molecule is CCCCOC(=O)CCC(=O)c1cc(OC)ccc1OC. The third-order valence-corrected chi connectivity index (χ3v) is 3.02. The molecule has 0 heterocycles. The first-order chi connectivity index (χ1) is 10.1. The topological polar surface area (TPSA) is 61.8 Å². The van der Waals surface area contributed by atoms with Crippen molar-refractivity contribution in [3.63, 3.8) is 0 Å². The molecule has 0 bridgehead atoms. The number of ketones is 1. The highest BCUT2D eigenvalue weighted by atomic mass is 16.5. The van der Waals surface area contributed by atoms with Crippen LogP contribution in [0, 0.1) is 0 Å². The first-order valence-corrected chi connectivity index (χ1v) is 7.03. The number of esters is 1. The summed E-state index contributed by atoms with van der Waals surface area (Å²) in [5.41, 5.74) is 0.415. The Labute approximate surface area is 125 Å². The summed E-state index contributed by atoms with van der Waals surface area (Å²) >= 11 is 0. The molecule has 0 aliphatic heterocycles. The lowest BCUT2D eigenvalue weighted by Crippen LogP contribution is -2.10. The fourth-order valence-electron chi connectivity index (χ4n) is 1.78. The van der Waals surface area contributed by atoms with Crippen molar-refractivity contribution in [1.29, 1.82) is 0 Å². The van der Waals surface area contributed by atoms with Gasteiger partial charge in [0.25, 0.3) is 0 Å². The Kier molecular flexibility index (Phi) is 7.29. The molecule has 0 aliphatic carbocycles. The maximum absolute atomic E-state index is 12.2. The number of rotatable bonds is 9. The summed E-state index contributed by atoms with van der Waals surface area (Å²) in [7, 11) is 3.03. The molecule has 0 spiro atoms. The van der Waals surface area contributed by atoms with E-state index in [2.05, 4.69) is 0 Å². The van der Waals surface area contributed by atoms with Gasteiger partial charge in [-0.25, -0.2) is 0 Å². The predicted octanol–water partition coefficient (Wildman–Crippen LogP) is 3.01. The van der Waals surface area contributed by atoms with E-state index >= 15 is 0 Å². The second-order valence-corrected chi connectivity index (χ2v) is 4.56. The van der Waals surface area contributed by atoms with E-state index in [-0.39, 0.29) is 24.6 Å². The molecule has 116 valence electrons. The van der Waals surface area contributed by atoms with Crippen molar-refractivity contribution in [2.75, 3.05) is 20.8 Å². The first kappa shape index (κ1) is 17.0. The molecule has 5 nitrogen and oxygen atoms in total. The summed E-state index contributed by atoms with van der Waals surface area (Å²) in [5.74, 6) is 0.529. The molecule has 0 N–H and O–H groups in total. The van der Waals surface area contributed by atoms with Crippen LogP contribution in [0.2, 0.25) is 0 Å². The number of unbranched alkanes of at least 4 members (excludes halogenated alkanes) is 1. The maximum atomic E-state index is 12.2. The highest BCUT2D eigenvalue weighted by molar-refractivity contribution is 6.00. The van der Waals surface area contributed by atoms with E-state index in [0.29, 0.717) is 23.7 Å². The zero-order valence-corrected chi connectivity index (χ0v) is 12.8. The summed E-state index contributed by atoms with van der Waals surface area (Å²) in [4.78, 5) is 23.7. The van der Waals surface area contributed by atoms with Crippen molar-refractivity contribution >= 4 is 11.8 Å². The Bertz CT molecular complexity index is 482. The number of benzene rings is 1. The average molecular weight is 294 g/mol. The number of hydrogen-bond donors (Lipinski definition) is 0. The smallest absolute Gasteiger partial charge is 0.306 e. The standard InChI is InChI=1S/C16H22O5/c1-4-5-10-21-16(18)9-7-14(17)13-11-12(19-2)6-8-15(13)20-3/h6,8,11H,4-5,7,9-10H2,1-3H3. The van der Waals surface area contributed by atoms with Crippen molar-refractivity contribution in [1.82, 2.24) is 0 Å². The number of hydrogen-bond acceptors (Lipinski definition) is 5. The van der Waals surface area contributed by atoms with Crippen LogP contribution in [0.25, 0.3) is 0 Å². The quantitative estimate of drug-likeness (QED) is 0.398. The maximum Gasteiger partial charge on any atom is 0.306 e. The molecule has 21 heavy (non-hydrogen) atoms. The number of Topliss-reactive ketones (excluding diaryl/α,β-unsaturated/α-hetero) is 1. The number of ether oxygens (including phenoxy) is 3. The molecule has 0 aromatic heterocycles. The van der Waals surface area contributed by atoms with Gasteiger partial charge in [-0.2, -0.15) is 0 Å². The van der Waals surface area contributed by atoms with Gasteiger partial charge in [-0.05, 0) is 24.6 Å². The van der Waals surface area contributed by atoms with Crippen LogP contribution < -0.4 is 9.47 Å². The van der Waals surface area contributed by atoms with E-state index in [9.17, 15) is 9.59 Å². The molecule has 0 fully saturated rings. The molecule has 0 amide bonds. The lowest BCUT2D eigenvalue weighted by Gasteiger charge is -2.09. The number of carbonyl (C=O) groups is 2. The lowest BCUT2D eigenvalue weighted by atomic mass is 10.1. The van der Waals surface area contributed by atoms with Gasteiger partial charge < -0.3 is 14.2 Å². The van der Waals surface area contributed by atoms with Crippen LogP contribution in [0.3, 0.4) is 0 Å². The number of methoxy groups -OCH3 is 2. The minimum Gasteiger partial charge on any atom is -0.497 e. The lowest BCUT2D eigenvalue weighted by molar-refractivity contribution is -0.143. The summed E-state index contributed by atoms with van der Waals surface area (Å²) in [5, 5.41) is 0. The van der Waals surface area contributed by atoms with Crippen LogP contribution in [-0.2, 0) is 9.53 Å². The molecule has 0 atom stereocenters. The van der Waals surface area contributed by atoms with E-state index < -0.39 is 0 Å². The predicted molar refractivity (Wildman–Crippen MR) is 79.0 cm³/mol. The highest BCUT2D eigenvalue weighted by Gasteiger charge is 2.15. The number of carbonyl (C=O) groups excluding carboxylic acids is 2. The van der Waals surface area contributed by atoms with E-state index in [1.54, 1.807) is 18.2 Å². The fourth-order valence-corrected chi connectivity index (χ4v) is 1.78. The van der Waals surface area contributed by atoms with Crippen molar-refractivity contribution < 1.29 is 23.8 Å². The van der Waals surface area contributed by atoms with Gasteiger partial charge in [-0.1, -0.05) is 13.3 Å². The summed E-state index contributed by atoms with van der Waals surface area (Å²) in [6.45, 7) is 2.43. The normalized spacial score (nSPS) is 10.0. The van der Waals surface area contributed by atoms with Gasteiger partial charge in [0.2, 0.25) is 0 Å². The third-order valence-electron chi connectivity index (χ3n) is 3.02. The van der Waals surface area contributed by atoms with Crippen molar-refractivity contribution in [3.05, 3.63) is 23.8 Å². The Morgan fingerprint density at radius 3 is 2.48 bits per heavy atom. The second-order valence-electron chi connectivity index (χ2n) is 4.56. The van der Waals surface area contributed by atoms with Crippen molar-refractivity contribution in [2.24, 2.45) is 0 Å². The van der Waals surface area contributed by atoms with Crippen LogP contribution in [-0.4, -0.2) is 32.6 Å². The molecule has 0 saturated carbocycles. The molecule has 1 aromatic rings. The molecule has 5 heteroatoms. The molecular weight excluding hydrogens is 272 g/mol. The minimum atomic E-state index is -0.348. The Morgan fingerprint density at radius 1 is 1.10 bits per heavy atom. The van der Waals surface area contributed by atoms with E-state index in [4.69, 9.17) is 14.2 Å². The summed E-state index contributed by atoms with van der Waals surface area (Å²) in [6.07, 6.45) is 1.97. The van der Waals surface area contributed by atoms with Gasteiger partial charge in [-0.3, -0.25) is 9.59 Å². The van der Waals surface area contributed by atoms with Crippen LogP contribution in [0.4, 0.5) is 0 Å². The zero-order chi connectivity index (χ0) is 15.7. The Morgan fingerprint density at radius 2 is 1.86 bits per heavy atom. The Balaban J connectivity index is 2.60. The molecule has 0 radical (unpaired) electrons. The first-order valence-electron chi connectivity index (χ1n) is 7.03. The monoisotopic (exact) mass is 294 g/mol. The molecule has 1 aromatic carbocycles. The third kappa shape index (κ3) is 5.45.